The molecule has 118 valence electrons. The zero-order valence-electron chi connectivity index (χ0n) is 12.7. The first-order valence-electron chi connectivity index (χ1n) is 6.95. The Morgan fingerprint density at radius 2 is 2.09 bits per heavy atom. The molecule has 0 radical (unpaired) electrons. The van der Waals surface area contributed by atoms with Crippen molar-refractivity contribution in [3.8, 4) is 0 Å². The summed E-state index contributed by atoms with van der Waals surface area (Å²) in [6.45, 7) is 3.69. The van der Waals surface area contributed by atoms with Crippen LogP contribution in [0.4, 0.5) is 0 Å². The van der Waals surface area contributed by atoms with Crippen molar-refractivity contribution in [2.45, 2.75) is 26.4 Å². The highest BCUT2D eigenvalue weighted by Crippen LogP contribution is 2.19. The van der Waals surface area contributed by atoms with E-state index in [1.54, 1.807) is 12.4 Å². The Hall–Kier alpha value is -2.64. The van der Waals surface area contributed by atoms with Gasteiger partial charge in [-0.1, -0.05) is 13.8 Å². The summed E-state index contributed by atoms with van der Waals surface area (Å²) in [4.78, 5) is 39.2. The molecule has 8 heteroatoms. The molecule has 0 aliphatic heterocycles. The first-order chi connectivity index (χ1) is 10.4. The number of nitrogens with one attached hydrogen (secondary N) is 2. The summed E-state index contributed by atoms with van der Waals surface area (Å²) in [6.07, 6.45) is 3.46. The van der Waals surface area contributed by atoms with E-state index in [4.69, 9.17) is 0 Å². The van der Waals surface area contributed by atoms with Crippen LogP contribution in [0.5, 0.6) is 0 Å². The Labute approximate surface area is 126 Å². The molecule has 1 amide bonds. The largest absolute Gasteiger partial charge is 0.344 e. The van der Waals surface area contributed by atoms with E-state index in [1.807, 2.05) is 25.5 Å². The summed E-state index contributed by atoms with van der Waals surface area (Å²) in [5.74, 6) is 0.486. The molecule has 2 heterocycles. The number of hydrogen-bond acceptors (Lipinski definition) is 4. The molecule has 22 heavy (non-hydrogen) atoms. The molecule has 0 aromatic carbocycles. The molecule has 0 aliphatic carbocycles. The van der Waals surface area contributed by atoms with E-state index in [0.29, 0.717) is 0 Å². The number of carbonyl (C=O) groups is 1. The van der Waals surface area contributed by atoms with Crippen LogP contribution in [-0.2, 0) is 18.4 Å². The lowest BCUT2D eigenvalue weighted by Crippen LogP contribution is -2.39. The highest BCUT2D eigenvalue weighted by Gasteiger charge is 2.22. The molecule has 8 nitrogen and oxygen atoms in total. The van der Waals surface area contributed by atoms with Crippen molar-refractivity contribution < 1.29 is 4.79 Å². The molecular weight excluding hydrogens is 286 g/mol. The summed E-state index contributed by atoms with van der Waals surface area (Å²) >= 11 is 0. The van der Waals surface area contributed by atoms with Crippen LogP contribution in [0.25, 0.3) is 0 Å². The maximum absolute atomic E-state index is 12.2. The minimum absolute atomic E-state index is 0.122. The van der Waals surface area contributed by atoms with Gasteiger partial charge in [0.1, 0.15) is 12.4 Å². The highest BCUT2D eigenvalue weighted by atomic mass is 16.2. The fourth-order valence-electron chi connectivity index (χ4n) is 2.15. The van der Waals surface area contributed by atoms with Gasteiger partial charge in [0, 0.05) is 31.6 Å². The summed E-state index contributed by atoms with van der Waals surface area (Å²) < 4.78 is 2.81. The first-order valence-corrected chi connectivity index (χ1v) is 6.95. The zero-order chi connectivity index (χ0) is 16.3. The molecule has 2 N–H and O–H groups in total. The average molecular weight is 305 g/mol. The topological polar surface area (TPSA) is 102 Å². The molecule has 1 atom stereocenters. The fourth-order valence-corrected chi connectivity index (χ4v) is 2.15. The third-order valence-electron chi connectivity index (χ3n) is 3.31. The van der Waals surface area contributed by atoms with Crippen molar-refractivity contribution in [1.82, 2.24) is 24.6 Å². The average Bonchev–Trinajstić information content (AvgIpc) is 2.86. The van der Waals surface area contributed by atoms with Gasteiger partial charge < -0.3 is 9.88 Å². The van der Waals surface area contributed by atoms with E-state index in [1.165, 1.54) is 0 Å². The van der Waals surface area contributed by atoms with E-state index in [9.17, 15) is 14.4 Å². The lowest BCUT2D eigenvalue weighted by atomic mass is 10.0. The number of nitrogens with zero attached hydrogens (tertiary/aromatic N) is 3. The van der Waals surface area contributed by atoms with Gasteiger partial charge in [0.25, 0.3) is 11.1 Å². The number of hydrogen-bond donors (Lipinski definition) is 2. The van der Waals surface area contributed by atoms with Crippen molar-refractivity contribution in [2.75, 3.05) is 0 Å². The predicted octanol–water partition coefficient (Wildman–Crippen LogP) is -0.216. The van der Waals surface area contributed by atoms with Crippen LogP contribution in [0.15, 0.2) is 34.1 Å². The summed E-state index contributed by atoms with van der Waals surface area (Å²) in [6, 6.07) is 1.98. The number of amides is 1. The second-order valence-electron chi connectivity index (χ2n) is 5.42. The molecule has 2 aromatic heterocycles. The second-order valence-corrected chi connectivity index (χ2v) is 5.42. The van der Waals surface area contributed by atoms with Gasteiger partial charge in [-0.15, -0.1) is 0 Å². The van der Waals surface area contributed by atoms with Crippen LogP contribution < -0.4 is 16.4 Å². The van der Waals surface area contributed by atoms with Crippen molar-refractivity contribution in [3.05, 3.63) is 51.1 Å². The number of rotatable bonds is 5. The fraction of sp³-hybridized carbons (Fsp3) is 0.429. The normalized spacial score (nSPS) is 12.4. The Morgan fingerprint density at radius 3 is 2.68 bits per heavy atom. The molecule has 2 aromatic rings. The van der Waals surface area contributed by atoms with Crippen LogP contribution >= 0.6 is 0 Å². The number of aryl methyl sites for hydroxylation is 1. The summed E-state index contributed by atoms with van der Waals surface area (Å²) in [5, 5.41) is 5.17. The minimum atomic E-state index is -0.437. The Bertz CT molecular complexity index is 771. The van der Waals surface area contributed by atoms with E-state index in [0.717, 1.165) is 22.6 Å². The maximum atomic E-state index is 12.2. The monoisotopic (exact) mass is 305 g/mol. The quantitative estimate of drug-likeness (QED) is 0.797. The van der Waals surface area contributed by atoms with Gasteiger partial charge in [0.05, 0.1) is 6.04 Å². The lowest BCUT2D eigenvalue weighted by Gasteiger charge is -2.22. The SMILES string of the molecule is CC(C)[C@@H](NC(=O)Cn1[nH]c(=O)ccc1=O)c1nccn1C. The molecule has 0 saturated heterocycles. The van der Waals surface area contributed by atoms with Gasteiger partial charge in [-0.3, -0.25) is 19.5 Å². The third-order valence-corrected chi connectivity index (χ3v) is 3.31. The summed E-state index contributed by atoms with van der Waals surface area (Å²) in [7, 11) is 1.85. The number of aromatic nitrogens is 4. The van der Waals surface area contributed by atoms with Crippen LogP contribution in [0.2, 0.25) is 0 Å². The number of imidazole rings is 1. The maximum Gasteiger partial charge on any atom is 0.265 e. The van der Waals surface area contributed by atoms with Gasteiger partial charge in [-0.25, -0.2) is 9.67 Å². The van der Waals surface area contributed by atoms with Gasteiger partial charge in [-0.2, -0.15) is 0 Å². The van der Waals surface area contributed by atoms with Crippen LogP contribution in [0.3, 0.4) is 0 Å². The molecule has 2 rings (SSSR count). The Kier molecular flexibility index (Phi) is 4.59. The van der Waals surface area contributed by atoms with Crippen LogP contribution in [0, 0.1) is 5.92 Å². The third kappa shape index (κ3) is 3.51. The number of carbonyl (C=O) groups excluding carboxylic acids is 1. The summed E-state index contributed by atoms with van der Waals surface area (Å²) in [5.41, 5.74) is -0.871. The van der Waals surface area contributed by atoms with Gasteiger partial charge >= 0.3 is 0 Å². The number of aromatic amines is 1. The highest BCUT2D eigenvalue weighted by molar-refractivity contribution is 5.76. The van der Waals surface area contributed by atoms with Crippen LogP contribution in [-0.4, -0.2) is 25.2 Å². The van der Waals surface area contributed by atoms with E-state index in [-0.39, 0.29) is 24.4 Å². The first kappa shape index (κ1) is 15.7. The number of H-pyrrole nitrogens is 1. The molecule has 0 bridgehead atoms. The Morgan fingerprint density at radius 1 is 1.36 bits per heavy atom. The lowest BCUT2D eigenvalue weighted by molar-refractivity contribution is -0.123. The molecule has 0 aliphatic rings. The van der Waals surface area contributed by atoms with Gasteiger partial charge in [0.2, 0.25) is 5.91 Å². The molecular formula is C14H19N5O3. The van der Waals surface area contributed by atoms with E-state index < -0.39 is 11.1 Å². The van der Waals surface area contributed by atoms with Crippen LogP contribution in [0.1, 0.15) is 25.7 Å². The standard InChI is InChI=1S/C14H19N5O3/c1-9(2)13(14-15-6-7-18(14)3)16-11(21)8-19-12(22)5-4-10(20)17-19/h4-7,9,13H,8H2,1-3H3,(H,16,21)(H,17,20)/t13-/m1/s1. The Balaban J connectivity index is 2.16. The van der Waals surface area contributed by atoms with E-state index in [2.05, 4.69) is 15.4 Å². The van der Waals surface area contributed by atoms with Gasteiger partial charge in [-0.05, 0) is 5.92 Å². The van der Waals surface area contributed by atoms with Crippen molar-refractivity contribution in [2.24, 2.45) is 13.0 Å². The molecule has 0 spiro atoms. The van der Waals surface area contributed by atoms with Crippen molar-refractivity contribution >= 4 is 5.91 Å². The zero-order valence-corrected chi connectivity index (χ0v) is 12.7. The smallest absolute Gasteiger partial charge is 0.265 e. The second kappa shape index (κ2) is 6.42. The molecule has 0 fully saturated rings. The minimum Gasteiger partial charge on any atom is -0.344 e. The van der Waals surface area contributed by atoms with E-state index >= 15 is 0 Å². The molecule has 0 saturated carbocycles. The predicted molar refractivity (Wildman–Crippen MR) is 80.3 cm³/mol. The van der Waals surface area contributed by atoms with Crippen molar-refractivity contribution in [3.63, 3.8) is 0 Å². The van der Waals surface area contributed by atoms with Gasteiger partial charge in [0.15, 0.2) is 0 Å². The molecule has 0 unspecified atom stereocenters. The van der Waals surface area contributed by atoms with Crippen molar-refractivity contribution in [1.29, 1.82) is 0 Å².